The molecular formula is C20H31N3. The van der Waals surface area contributed by atoms with Crippen LogP contribution in [0.4, 0.5) is 0 Å². The van der Waals surface area contributed by atoms with E-state index in [-0.39, 0.29) is 0 Å². The second-order valence-corrected chi connectivity index (χ2v) is 4.00. The van der Waals surface area contributed by atoms with Gasteiger partial charge in [-0.25, -0.2) is 9.98 Å². The molecule has 0 N–H and O–H groups in total. The Balaban J connectivity index is 0. The van der Waals surface area contributed by atoms with Gasteiger partial charge in [-0.3, -0.25) is 4.99 Å². The van der Waals surface area contributed by atoms with E-state index < -0.39 is 0 Å². The number of hydrogen-bond donors (Lipinski definition) is 0. The third-order valence-electron chi connectivity index (χ3n) is 2.60. The van der Waals surface area contributed by atoms with Crippen LogP contribution in [0.15, 0.2) is 63.5 Å². The van der Waals surface area contributed by atoms with E-state index in [0.29, 0.717) is 12.4 Å². The topological polar surface area (TPSA) is 37.1 Å². The van der Waals surface area contributed by atoms with Gasteiger partial charge in [0.05, 0.1) is 6.54 Å². The third kappa shape index (κ3) is 10.1. The molecule has 0 unspecified atom stereocenters. The van der Waals surface area contributed by atoms with Crippen molar-refractivity contribution in [1.82, 2.24) is 0 Å². The first kappa shape index (κ1) is 23.0. The van der Waals surface area contributed by atoms with Gasteiger partial charge in [0.15, 0.2) is 5.84 Å². The molecule has 0 spiro atoms. The fraction of sp³-hybridized carbons (Fsp3) is 0.350. The Morgan fingerprint density at radius 3 is 2.09 bits per heavy atom. The van der Waals surface area contributed by atoms with Gasteiger partial charge in [-0.2, -0.15) is 0 Å². The largest absolute Gasteiger partial charge is 0.269 e. The summed E-state index contributed by atoms with van der Waals surface area (Å²) in [5, 5.41) is 0. The Hall–Kier alpha value is -2.29. The van der Waals surface area contributed by atoms with Crippen LogP contribution >= 0.6 is 0 Å². The standard InChI is InChI=1S/C16H19N3.2C2H6/c1-5-15(6-2)16(17-4)19-12-18-11-14-9-7-13(3)8-10-14;2*1-2/h5-10,12H,1,4,11H2,2-3H3;2*1-2H3/b15-6+,18-12?,19-16?;;. The molecule has 0 aromatic heterocycles. The fourth-order valence-corrected chi connectivity index (χ4v) is 1.48. The molecule has 0 radical (unpaired) electrons. The lowest BCUT2D eigenvalue weighted by Gasteiger charge is -1.98. The number of amidine groups is 1. The van der Waals surface area contributed by atoms with Crippen LogP contribution in [0, 0.1) is 6.92 Å². The predicted molar refractivity (Wildman–Crippen MR) is 107 cm³/mol. The molecule has 126 valence electrons. The highest BCUT2D eigenvalue weighted by atomic mass is 14.9. The van der Waals surface area contributed by atoms with Crippen molar-refractivity contribution < 1.29 is 0 Å². The minimum atomic E-state index is 0.533. The predicted octanol–water partition coefficient (Wildman–Crippen LogP) is 5.81. The molecule has 0 amide bonds. The van der Waals surface area contributed by atoms with Gasteiger partial charge in [-0.05, 0) is 26.1 Å². The lowest BCUT2D eigenvalue weighted by molar-refractivity contribution is 1.07. The molecule has 1 rings (SSSR count). The molecule has 0 aliphatic carbocycles. The second-order valence-electron chi connectivity index (χ2n) is 4.00. The first-order chi connectivity index (χ1) is 11.2. The van der Waals surface area contributed by atoms with Crippen molar-refractivity contribution in [1.29, 1.82) is 0 Å². The van der Waals surface area contributed by atoms with Crippen LogP contribution in [-0.4, -0.2) is 18.9 Å². The molecule has 23 heavy (non-hydrogen) atoms. The summed E-state index contributed by atoms with van der Waals surface area (Å²) in [6.07, 6.45) is 5.09. The lowest BCUT2D eigenvalue weighted by Crippen LogP contribution is -1.96. The Kier molecular flexibility index (Phi) is 16.1. The fourth-order valence-electron chi connectivity index (χ4n) is 1.48. The first-order valence-corrected chi connectivity index (χ1v) is 8.08. The Labute approximate surface area is 142 Å². The second kappa shape index (κ2) is 16.1. The first-order valence-electron chi connectivity index (χ1n) is 8.08. The smallest absolute Gasteiger partial charge is 0.159 e. The number of hydrogen-bond acceptors (Lipinski definition) is 1. The number of benzene rings is 1. The number of rotatable bonds is 5. The normalized spacial score (nSPS) is 11.0. The summed E-state index contributed by atoms with van der Waals surface area (Å²) in [4.78, 5) is 12.3. The molecule has 0 atom stereocenters. The van der Waals surface area contributed by atoms with Crippen LogP contribution < -0.4 is 0 Å². The Bertz CT molecular complexity index is 520. The molecule has 0 heterocycles. The molecule has 0 saturated carbocycles. The van der Waals surface area contributed by atoms with Crippen LogP contribution in [-0.2, 0) is 6.54 Å². The monoisotopic (exact) mass is 313 g/mol. The molecule has 3 heteroatoms. The quantitative estimate of drug-likeness (QED) is 0.374. The van der Waals surface area contributed by atoms with Crippen molar-refractivity contribution in [3.05, 3.63) is 59.7 Å². The maximum Gasteiger partial charge on any atom is 0.159 e. The molecule has 0 aliphatic heterocycles. The highest BCUT2D eigenvalue weighted by Crippen LogP contribution is 2.04. The lowest BCUT2D eigenvalue weighted by atomic mass is 10.1. The van der Waals surface area contributed by atoms with Crippen LogP contribution in [0.5, 0.6) is 0 Å². The van der Waals surface area contributed by atoms with E-state index in [1.54, 1.807) is 6.08 Å². The molecule has 0 bridgehead atoms. The van der Waals surface area contributed by atoms with Gasteiger partial charge in [0.2, 0.25) is 0 Å². The van der Waals surface area contributed by atoms with Crippen LogP contribution in [0.3, 0.4) is 0 Å². The van der Waals surface area contributed by atoms with Crippen LogP contribution in [0.1, 0.15) is 45.7 Å². The molecule has 3 nitrogen and oxygen atoms in total. The van der Waals surface area contributed by atoms with Crippen molar-refractivity contribution in [3.63, 3.8) is 0 Å². The summed E-state index contributed by atoms with van der Waals surface area (Å²) in [5.41, 5.74) is 3.24. The SMILES string of the molecule is C=C/C(=C\C)C(N=C)=NC=NCc1ccc(C)cc1.CC.CC. The van der Waals surface area contributed by atoms with E-state index in [2.05, 4.69) is 59.5 Å². The maximum atomic E-state index is 4.25. The summed E-state index contributed by atoms with van der Waals surface area (Å²) < 4.78 is 0. The number of nitrogens with zero attached hydrogens (tertiary/aromatic N) is 3. The molecule has 0 fully saturated rings. The van der Waals surface area contributed by atoms with E-state index in [9.17, 15) is 0 Å². The van der Waals surface area contributed by atoms with Crippen molar-refractivity contribution in [2.24, 2.45) is 15.0 Å². The summed E-state index contributed by atoms with van der Waals surface area (Å²) in [5.74, 6) is 0.533. The van der Waals surface area contributed by atoms with E-state index >= 15 is 0 Å². The Morgan fingerprint density at radius 1 is 1.09 bits per heavy atom. The van der Waals surface area contributed by atoms with Gasteiger partial charge in [0.25, 0.3) is 0 Å². The third-order valence-corrected chi connectivity index (χ3v) is 2.60. The molecule has 1 aromatic carbocycles. The van der Waals surface area contributed by atoms with Gasteiger partial charge in [-0.1, -0.05) is 76.3 Å². The molecule has 1 aromatic rings. The summed E-state index contributed by atoms with van der Waals surface area (Å²) in [7, 11) is 0. The van der Waals surface area contributed by atoms with Gasteiger partial charge in [-0.15, -0.1) is 0 Å². The highest BCUT2D eigenvalue weighted by molar-refractivity contribution is 6.06. The molecular weight excluding hydrogens is 282 g/mol. The summed E-state index contributed by atoms with van der Waals surface area (Å²) >= 11 is 0. The van der Waals surface area contributed by atoms with E-state index in [4.69, 9.17) is 0 Å². The minimum Gasteiger partial charge on any atom is -0.269 e. The van der Waals surface area contributed by atoms with Crippen molar-refractivity contribution in [2.45, 2.75) is 48.1 Å². The van der Waals surface area contributed by atoms with Gasteiger partial charge in [0, 0.05) is 5.57 Å². The van der Waals surface area contributed by atoms with Crippen molar-refractivity contribution >= 4 is 18.9 Å². The zero-order chi connectivity index (χ0) is 18.1. The van der Waals surface area contributed by atoms with Crippen LogP contribution in [0.2, 0.25) is 0 Å². The number of aliphatic imine (C=N–C) groups is 3. The zero-order valence-corrected chi connectivity index (χ0v) is 15.5. The zero-order valence-electron chi connectivity index (χ0n) is 15.5. The van der Waals surface area contributed by atoms with Gasteiger partial charge in [0.1, 0.15) is 6.34 Å². The summed E-state index contributed by atoms with van der Waals surface area (Å²) in [6.45, 7) is 19.8. The molecule has 0 saturated heterocycles. The minimum absolute atomic E-state index is 0.533. The van der Waals surface area contributed by atoms with Crippen molar-refractivity contribution in [3.8, 4) is 0 Å². The van der Waals surface area contributed by atoms with Gasteiger partial charge < -0.3 is 0 Å². The van der Waals surface area contributed by atoms with E-state index in [1.165, 1.54) is 11.9 Å². The van der Waals surface area contributed by atoms with E-state index in [0.717, 1.165) is 11.1 Å². The maximum absolute atomic E-state index is 4.25. The average Bonchev–Trinajstić information content (AvgIpc) is 2.62. The van der Waals surface area contributed by atoms with E-state index in [1.807, 2.05) is 40.7 Å². The van der Waals surface area contributed by atoms with Crippen molar-refractivity contribution in [2.75, 3.05) is 0 Å². The average molecular weight is 313 g/mol. The van der Waals surface area contributed by atoms with Crippen LogP contribution in [0.25, 0.3) is 0 Å². The highest BCUT2D eigenvalue weighted by Gasteiger charge is 1.97. The number of allylic oxidation sites excluding steroid dienone is 1. The van der Waals surface area contributed by atoms with Gasteiger partial charge >= 0.3 is 0 Å². The molecule has 0 aliphatic rings. The Morgan fingerprint density at radius 2 is 1.65 bits per heavy atom. The summed E-state index contributed by atoms with van der Waals surface area (Å²) in [6, 6.07) is 8.26. The number of aryl methyl sites for hydroxylation is 1.